The van der Waals surface area contributed by atoms with Crippen molar-refractivity contribution >= 4 is 10.9 Å². The minimum absolute atomic E-state index is 0.880. The lowest BCUT2D eigenvalue weighted by molar-refractivity contribution is 0.836. The lowest BCUT2D eigenvalue weighted by atomic mass is 10.0. The van der Waals surface area contributed by atoms with E-state index in [1.54, 1.807) is 0 Å². The summed E-state index contributed by atoms with van der Waals surface area (Å²) >= 11 is 0. The van der Waals surface area contributed by atoms with Gasteiger partial charge < -0.3 is 4.57 Å². The van der Waals surface area contributed by atoms with Crippen LogP contribution < -0.4 is 0 Å². The highest BCUT2D eigenvalue weighted by Gasteiger charge is 2.05. The fourth-order valence-corrected chi connectivity index (χ4v) is 2.95. The van der Waals surface area contributed by atoms with Crippen LogP contribution in [0.4, 0.5) is 0 Å². The van der Waals surface area contributed by atoms with Gasteiger partial charge in [0.05, 0.1) is 0 Å². The molecule has 0 bridgehead atoms. The summed E-state index contributed by atoms with van der Waals surface area (Å²) in [4.78, 5) is 0. The van der Waals surface area contributed by atoms with E-state index in [0.29, 0.717) is 0 Å². The van der Waals surface area contributed by atoms with Gasteiger partial charge in [-0.1, -0.05) is 66.2 Å². The molecule has 111 valence electrons. The highest BCUT2D eigenvalue weighted by Crippen LogP contribution is 2.25. The minimum atomic E-state index is 0.880. The van der Waals surface area contributed by atoms with E-state index in [4.69, 9.17) is 0 Å². The number of aromatic nitrogens is 1. The Morgan fingerprint density at radius 3 is 2.39 bits per heavy atom. The second kappa shape index (κ2) is 5.77. The van der Waals surface area contributed by atoms with E-state index >= 15 is 0 Å². The Kier molecular flexibility index (Phi) is 3.47. The van der Waals surface area contributed by atoms with Crippen LogP contribution in [-0.2, 0) is 6.54 Å². The molecule has 1 radical (unpaired) electrons. The first-order valence-electron chi connectivity index (χ1n) is 7.91. The molecule has 0 fully saturated rings. The van der Waals surface area contributed by atoms with Crippen LogP contribution in [0.1, 0.15) is 11.1 Å². The predicted molar refractivity (Wildman–Crippen MR) is 96.5 cm³/mol. The second-order valence-corrected chi connectivity index (χ2v) is 5.98. The van der Waals surface area contributed by atoms with Gasteiger partial charge >= 0.3 is 0 Å². The van der Waals surface area contributed by atoms with Gasteiger partial charge in [0, 0.05) is 29.7 Å². The number of nitrogens with zero attached hydrogens (tertiary/aromatic N) is 1. The summed E-state index contributed by atoms with van der Waals surface area (Å²) in [5.41, 5.74) is 6.32. The Balaban J connectivity index is 1.69. The summed E-state index contributed by atoms with van der Waals surface area (Å²) in [5, 5.41) is 1.17. The summed E-state index contributed by atoms with van der Waals surface area (Å²) in [6.45, 7) is 3.00. The Hall–Kier alpha value is -2.80. The highest BCUT2D eigenvalue weighted by molar-refractivity contribution is 5.85. The third-order valence-corrected chi connectivity index (χ3v) is 4.26. The summed E-state index contributed by atoms with van der Waals surface area (Å²) in [7, 11) is 0. The third kappa shape index (κ3) is 2.78. The van der Waals surface area contributed by atoms with Crippen molar-refractivity contribution < 1.29 is 0 Å². The molecule has 0 amide bonds. The Bertz CT molecular complexity index is 931. The highest BCUT2D eigenvalue weighted by atomic mass is 14.9. The van der Waals surface area contributed by atoms with E-state index in [9.17, 15) is 0 Å². The van der Waals surface area contributed by atoms with Crippen LogP contribution >= 0.6 is 0 Å². The van der Waals surface area contributed by atoms with E-state index in [1.807, 2.05) is 6.07 Å². The van der Waals surface area contributed by atoms with Gasteiger partial charge in [-0.15, -0.1) is 0 Å². The molecular formula is C22H18N. The molecule has 23 heavy (non-hydrogen) atoms. The molecule has 0 N–H and O–H groups in total. The van der Waals surface area contributed by atoms with Gasteiger partial charge in [-0.05, 0) is 35.7 Å². The summed E-state index contributed by atoms with van der Waals surface area (Å²) in [6.07, 6.45) is 2.05. The summed E-state index contributed by atoms with van der Waals surface area (Å²) < 4.78 is 2.26. The maximum absolute atomic E-state index is 3.39. The largest absolute Gasteiger partial charge is 0.342 e. The van der Waals surface area contributed by atoms with Gasteiger partial charge in [0.2, 0.25) is 0 Å². The van der Waals surface area contributed by atoms with Crippen molar-refractivity contribution in [3.05, 3.63) is 96.2 Å². The zero-order valence-electron chi connectivity index (χ0n) is 13.2. The standard InChI is InChI=1S/C22H18N/c1-17-7-9-18(10-8-17)16-23-14-13-21-15-20(11-12-22(21)23)19-5-3-2-4-6-19/h2-12,14-15H,16H2,1H3. The molecular weight excluding hydrogens is 278 g/mol. The minimum Gasteiger partial charge on any atom is -0.342 e. The average molecular weight is 296 g/mol. The van der Waals surface area contributed by atoms with E-state index in [0.717, 1.165) is 6.54 Å². The summed E-state index contributed by atoms with van der Waals surface area (Å²) in [5.74, 6) is 0. The SMILES string of the molecule is Cc1ccc(Cn2c[c]c3cc(-c4ccccc4)ccc32)cc1. The molecule has 0 unspecified atom stereocenters. The van der Waals surface area contributed by atoms with Crippen molar-refractivity contribution in [3.8, 4) is 11.1 Å². The van der Waals surface area contributed by atoms with Crippen LogP contribution in [0.5, 0.6) is 0 Å². The first kappa shape index (κ1) is 13.8. The van der Waals surface area contributed by atoms with Crippen LogP contribution in [0, 0.1) is 13.0 Å². The number of rotatable bonds is 3. The van der Waals surface area contributed by atoms with Crippen molar-refractivity contribution in [1.29, 1.82) is 0 Å². The van der Waals surface area contributed by atoms with Crippen molar-refractivity contribution in [2.45, 2.75) is 13.5 Å². The normalized spacial score (nSPS) is 11.0. The lowest BCUT2D eigenvalue weighted by Crippen LogP contribution is -1.97. The maximum Gasteiger partial charge on any atom is 0.0490 e. The van der Waals surface area contributed by atoms with Crippen molar-refractivity contribution in [3.63, 3.8) is 0 Å². The Morgan fingerprint density at radius 1 is 0.826 bits per heavy atom. The van der Waals surface area contributed by atoms with Crippen LogP contribution in [0.25, 0.3) is 22.0 Å². The molecule has 1 aromatic heterocycles. The van der Waals surface area contributed by atoms with Gasteiger partial charge in [-0.2, -0.15) is 0 Å². The lowest BCUT2D eigenvalue weighted by Gasteiger charge is -2.07. The van der Waals surface area contributed by atoms with E-state index in [-0.39, 0.29) is 0 Å². The van der Waals surface area contributed by atoms with Crippen LogP contribution in [0.15, 0.2) is 79.0 Å². The fraction of sp³-hybridized carbons (Fsp3) is 0.0909. The van der Waals surface area contributed by atoms with Crippen LogP contribution in [-0.4, -0.2) is 4.57 Å². The molecule has 0 saturated heterocycles. The molecule has 1 heterocycles. The van der Waals surface area contributed by atoms with Crippen LogP contribution in [0.3, 0.4) is 0 Å². The predicted octanol–water partition coefficient (Wildman–Crippen LogP) is 5.47. The molecule has 4 aromatic rings. The first-order valence-corrected chi connectivity index (χ1v) is 7.91. The Labute approximate surface area is 136 Å². The number of hydrogen-bond acceptors (Lipinski definition) is 0. The molecule has 0 atom stereocenters. The van der Waals surface area contributed by atoms with Crippen LogP contribution in [0.2, 0.25) is 0 Å². The quantitative estimate of drug-likeness (QED) is 0.473. The molecule has 0 aliphatic carbocycles. The third-order valence-electron chi connectivity index (χ3n) is 4.26. The molecule has 4 rings (SSSR count). The fourth-order valence-electron chi connectivity index (χ4n) is 2.95. The monoisotopic (exact) mass is 296 g/mol. The molecule has 0 aliphatic rings. The van der Waals surface area contributed by atoms with Gasteiger partial charge in [-0.25, -0.2) is 0 Å². The molecule has 1 nitrogen and oxygen atoms in total. The van der Waals surface area contributed by atoms with Gasteiger partial charge in [-0.3, -0.25) is 0 Å². The Morgan fingerprint density at radius 2 is 1.61 bits per heavy atom. The van der Waals surface area contributed by atoms with Crippen molar-refractivity contribution in [2.24, 2.45) is 0 Å². The molecule has 0 aliphatic heterocycles. The zero-order chi connectivity index (χ0) is 15.6. The number of fused-ring (bicyclic) bond motifs is 1. The second-order valence-electron chi connectivity index (χ2n) is 5.98. The first-order chi connectivity index (χ1) is 11.3. The topological polar surface area (TPSA) is 4.93 Å². The van der Waals surface area contributed by atoms with E-state index < -0.39 is 0 Å². The number of benzene rings is 3. The average Bonchev–Trinajstić information content (AvgIpc) is 3.00. The van der Waals surface area contributed by atoms with Crippen molar-refractivity contribution in [2.75, 3.05) is 0 Å². The number of aryl methyl sites for hydroxylation is 1. The van der Waals surface area contributed by atoms with Crippen molar-refractivity contribution in [1.82, 2.24) is 4.57 Å². The van der Waals surface area contributed by atoms with Gasteiger partial charge in [0.25, 0.3) is 0 Å². The summed E-state index contributed by atoms with van der Waals surface area (Å²) in [6, 6.07) is 29.2. The molecule has 3 aromatic carbocycles. The number of hydrogen-bond donors (Lipinski definition) is 0. The van der Waals surface area contributed by atoms with Gasteiger partial charge in [0.1, 0.15) is 0 Å². The molecule has 1 heteroatoms. The van der Waals surface area contributed by atoms with Gasteiger partial charge in [0.15, 0.2) is 0 Å². The zero-order valence-corrected chi connectivity index (χ0v) is 13.2. The van der Waals surface area contributed by atoms with E-state index in [1.165, 1.54) is 33.2 Å². The van der Waals surface area contributed by atoms with E-state index in [2.05, 4.69) is 90.5 Å². The smallest absolute Gasteiger partial charge is 0.0490 e. The molecule has 0 spiro atoms. The maximum atomic E-state index is 3.39. The molecule has 0 saturated carbocycles.